The highest BCUT2D eigenvalue weighted by molar-refractivity contribution is 6.06. The largest absolute Gasteiger partial charge is 0.455 e. The third-order valence-corrected chi connectivity index (χ3v) is 5.74. The van der Waals surface area contributed by atoms with Crippen LogP contribution in [0.4, 0.5) is 5.69 Å². The minimum Gasteiger partial charge on any atom is -0.455 e. The lowest BCUT2D eigenvalue weighted by Gasteiger charge is -2.13. The molecule has 3 aliphatic rings. The number of hydrazone groups is 1. The number of amides is 2. The molecule has 8 heteroatoms. The molecule has 1 aromatic heterocycles. The zero-order chi connectivity index (χ0) is 19.4. The van der Waals surface area contributed by atoms with Gasteiger partial charge in [-0.2, -0.15) is 10.1 Å². The van der Waals surface area contributed by atoms with Crippen molar-refractivity contribution >= 4 is 23.7 Å². The first-order valence-corrected chi connectivity index (χ1v) is 8.98. The minimum atomic E-state index is -0.467. The van der Waals surface area contributed by atoms with E-state index in [4.69, 9.17) is 4.42 Å². The number of allylic oxidation sites excluding steroid dienone is 2. The molecular weight excluding hydrogens is 362 g/mol. The standard InChI is InChI=1S/C20H15N3O5/c24-19-17-12-1-2-13(9-12)18(17)20(25)22(19)21-10-15-7-8-16(28-15)11-3-5-14(6-4-11)23(26)27/h1-8,10,12-13,17-18H,9H2/b21-10-/t12-,13-,17-,18+/m0/s1. The smallest absolute Gasteiger partial charge is 0.269 e. The highest BCUT2D eigenvalue weighted by Crippen LogP contribution is 2.52. The van der Waals surface area contributed by atoms with E-state index in [1.807, 2.05) is 12.2 Å². The molecule has 4 atom stereocenters. The van der Waals surface area contributed by atoms with Gasteiger partial charge in [0.05, 0.1) is 23.0 Å². The number of fused-ring (bicyclic) bond motifs is 5. The fourth-order valence-electron chi connectivity index (χ4n) is 4.44. The quantitative estimate of drug-likeness (QED) is 0.268. The number of nitro benzene ring substituents is 1. The van der Waals surface area contributed by atoms with Crippen LogP contribution in [0, 0.1) is 33.8 Å². The predicted molar refractivity (Wildman–Crippen MR) is 98.0 cm³/mol. The molecule has 2 bridgehead atoms. The monoisotopic (exact) mass is 377 g/mol. The number of rotatable bonds is 4. The number of nitrogens with zero attached hydrogens (tertiary/aromatic N) is 3. The van der Waals surface area contributed by atoms with E-state index in [0.717, 1.165) is 11.4 Å². The Labute approximate surface area is 159 Å². The molecule has 1 aliphatic heterocycles. The van der Waals surface area contributed by atoms with Gasteiger partial charge in [-0.15, -0.1) is 0 Å². The molecule has 8 nitrogen and oxygen atoms in total. The van der Waals surface area contributed by atoms with Gasteiger partial charge in [0.15, 0.2) is 0 Å². The number of hydrogen-bond donors (Lipinski definition) is 0. The molecule has 1 aromatic carbocycles. The van der Waals surface area contributed by atoms with Gasteiger partial charge in [0.25, 0.3) is 17.5 Å². The Hall–Kier alpha value is -3.55. The van der Waals surface area contributed by atoms with Crippen LogP contribution in [0.25, 0.3) is 11.3 Å². The average Bonchev–Trinajstić information content (AvgIpc) is 3.46. The first-order valence-electron chi connectivity index (χ1n) is 8.98. The van der Waals surface area contributed by atoms with Crippen LogP contribution < -0.4 is 0 Å². The van der Waals surface area contributed by atoms with Crippen molar-refractivity contribution in [1.82, 2.24) is 5.01 Å². The minimum absolute atomic E-state index is 0.00263. The number of non-ortho nitro benzene ring substituents is 1. The predicted octanol–water partition coefficient (Wildman–Crippen LogP) is 3.00. The van der Waals surface area contributed by atoms with Gasteiger partial charge in [0.1, 0.15) is 11.5 Å². The fourth-order valence-corrected chi connectivity index (χ4v) is 4.44. The lowest BCUT2D eigenvalue weighted by atomic mass is 9.85. The van der Waals surface area contributed by atoms with E-state index in [1.165, 1.54) is 18.3 Å². The summed E-state index contributed by atoms with van der Waals surface area (Å²) in [5, 5.41) is 15.8. The molecule has 0 unspecified atom stereocenters. The van der Waals surface area contributed by atoms with Gasteiger partial charge in [-0.1, -0.05) is 12.2 Å². The van der Waals surface area contributed by atoms with Crippen LogP contribution in [0.15, 0.2) is 58.1 Å². The molecule has 2 aromatic rings. The molecule has 1 saturated heterocycles. The lowest BCUT2D eigenvalue weighted by Crippen LogP contribution is -2.28. The van der Waals surface area contributed by atoms with Crippen LogP contribution in [-0.4, -0.2) is 28.0 Å². The van der Waals surface area contributed by atoms with E-state index >= 15 is 0 Å². The second-order valence-corrected chi connectivity index (χ2v) is 7.24. The van der Waals surface area contributed by atoms with E-state index in [-0.39, 0.29) is 41.2 Å². The SMILES string of the molecule is O=C1[C@@H]2[C@H](C(=O)N1/N=C\c1ccc(-c3ccc([N+](=O)[O-])cc3)o1)[C@H]1C=C[C@H]2C1. The molecule has 0 radical (unpaired) electrons. The molecule has 0 N–H and O–H groups in total. The molecule has 28 heavy (non-hydrogen) atoms. The summed E-state index contributed by atoms with van der Waals surface area (Å²) in [4.78, 5) is 35.5. The van der Waals surface area contributed by atoms with E-state index in [9.17, 15) is 19.7 Å². The Morgan fingerprint density at radius 2 is 1.68 bits per heavy atom. The van der Waals surface area contributed by atoms with Crippen molar-refractivity contribution in [3.63, 3.8) is 0 Å². The highest BCUT2D eigenvalue weighted by atomic mass is 16.6. The van der Waals surface area contributed by atoms with Gasteiger partial charge in [-0.3, -0.25) is 19.7 Å². The van der Waals surface area contributed by atoms with Gasteiger partial charge in [-0.05, 0) is 42.5 Å². The summed E-state index contributed by atoms with van der Waals surface area (Å²) in [6.45, 7) is 0. The number of nitro groups is 1. The van der Waals surface area contributed by atoms with Crippen molar-refractivity contribution in [2.45, 2.75) is 6.42 Å². The van der Waals surface area contributed by atoms with Crippen molar-refractivity contribution in [3.05, 3.63) is 64.4 Å². The number of hydrogen-bond acceptors (Lipinski definition) is 6. The van der Waals surface area contributed by atoms with Crippen molar-refractivity contribution in [2.24, 2.45) is 28.8 Å². The third-order valence-electron chi connectivity index (χ3n) is 5.74. The Balaban J connectivity index is 1.33. The van der Waals surface area contributed by atoms with Crippen molar-refractivity contribution in [1.29, 1.82) is 0 Å². The van der Waals surface area contributed by atoms with Gasteiger partial charge in [0.2, 0.25) is 0 Å². The summed E-state index contributed by atoms with van der Waals surface area (Å²) in [6, 6.07) is 9.35. The molecule has 2 heterocycles. The second kappa shape index (κ2) is 5.98. The van der Waals surface area contributed by atoms with Gasteiger partial charge >= 0.3 is 0 Å². The number of imide groups is 1. The van der Waals surface area contributed by atoms with Crippen LogP contribution >= 0.6 is 0 Å². The van der Waals surface area contributed by atoms with Crippen LogP contribution in [0.3, 0.4) is 0 Å². The summed E-state index contributed by atoms with van der Waals surface area (Å²) < 4.78 is 5.67. The van der Waals surface area contributed by atoms with Gasteiger partial charge < -0.3 is 4.42 Å². The molecule has 2 fully saturated rings. The molecule has 5 rings (SSSR count). The zero-order valence-corrected chi connectivity index (χ0v) is 14.6. The highest BCUT2D eigenvalue weighted by Gasteiger charge is 2.59. The van der Waals surface area contributed by atoms with E-state index < -0.39 is 4.92 Å². The zero-order valence-electron chi connectivity index (χ0n) is 14.6. The second-order valence-electron chi connectivity index (χ2n) is 7.24. The number of carbonyl (C=O) groups excluding carboxylic acids is 2. The first-order chi connectivity index (χ1) is 13.5. The van der Waals surface area contributed by atoms with Gasteiger partial charge in [-0.25, -0.2) is 0 Å². The van der Waals surface area contributed by atoms with Crippen LogP contribution in [-0.2, 0) is 9.59 Å². The van der Waals surface area contributed by atoms with Gasteiger partial charge in [0, 0.05) is 17.7 Å². The van der Waals surface area contributed by atoms with E-state index in [0.29, 0.717) is 17.1 Å². The summed E-state index contributed by atoms with van der Waals surface area (Å²) in [5.74, 6) is 0.115. The summed E-state index contributed by atoms with van der Waals surface area (Å²) in [5.41, 5.74) is 0.674. The van der Waals surface area contributed by atoms with Crippen LogP contribution in [0.2, 0.25) is 0 Å². The lowest BCUT2D eigenvalue weighted by molar-refractivity contribution is -0.384. The molecule has 140 valence electrons. The number of furan rings is 1. The third kappa shape index (κ3) is 2.41. The Morgan fingerprint density at radius 3 is 2.29 bits per heavy atom. The molecule has 0 spiro atoms. The molecule has 2 amide bonds. The van der Waals surface area contributed by atoms with Crippen molar-refractivity contribution in [2.75, 3.05) is 0 Å². The van der Waals surface area contributed by atoms with E-state index in [2.05, 4.69) is 5.10 Å². The Bertz CT molecular complexity index is 1020. The number of carbonyl (C=O) groups is 2. The maximum atomic E-state index is 12.6. The Kier molecular flexibility index (Phi) is 3.55. The van der Waals surface area contributed by atoms with Crippen LogP contribution in [0.5, 0.6) is 0 Å². The topological polar surface area (TPSA) is 106 Å². The number of benzene rings is 1. The molecular formula is C20H15N3O5. The fraction of sp³-hybridized carbons (Fsp3) is 0.250. The molecule has 2 aliphatic carbocycles. The van der Waals surface area contributed by atoms with E-state index in [1.54, 1.807) is 24.3 Å². The van der Waals surface area contributed by atoms with Crippen molar-refractivity contribution < 1.29 is 18.9 Å². The van der Waals surface area contributed by atoms with Crippen LogP contribution in [0.1, 0.15) is 12.2 Å². The summed E-state index contributed by atoms with van der Waals surface area (Å²) in [6.07, 6.45) is 6.29. The summed E-state index contributed by atoms with van der Waals surface area (Å²) >= 11 is 0. The Morgan fingerprint density at radius 1 is 1.04 bits per heavy atom. The maximum absolute atomic E-state index is 12.6. The molecule has 1 saturated carbocycles. The average molecular weight is 377 g/mol. The maximum Gasteiger partial charge on any atom is 0.269 e. The van der Waals surface area contributed by atoms with Crippen molar-refractivity contribution in [3.8, 4) is 11.3 Å². The summed E-state index contributed by atoms with van der Waals surface area (Å²) in [7, 11) is 0. The normalized spacial score (nSPS) is 27.9. The first kappa shape index (κ1) is 16.6.